The highest BCUT2D eigenvalue weighted by Crippen LogP contribution is 2.39. The van der Waals surface area contributed by atoms with Crippen LogP contribution in [-0.4, -0.2) is 9.97 Å². The van der Waals surface area contributed by atoms with Crippen molar-refractivity contribution in [2.24, 2.45) is 0 Å². The molecule has 0 aliphatic heterocycles. The average molecular weight is 677 g/mol. The van der Waals surface area contributed by atoms with Crippen molar-refractivity contribution in [2.75, 3.05) is 0 Å². The number of hydrogen-bond acceptors (Lipinski definition) is 3. The fourth-order valence-corrected chi connectivity index (χ4v) is 7.45. The molecule has 0 bridgehead atoms. The molecule has 0 unspecified atom stereocenters. The van der Waals surface area contributed by atoms with Crippen molar-refractivity contribution in [3.8, 4) is 67.3 Å². The first-order chi connectivity index (χ1) is 26.2. The Balaban J connectivity index is 1.08. The van der Waals surface area contributed by atoms with Crippen LogP contribution in [0.4, 0.5) is 0 Å². The average Bonchev–Trinajstić information content (AvgIpc) is 3.62. The molecule has 0 aliphatic rings. The van der Waals surface area contributed by atoms with Gasteiger partial charge in [0.15, 0.2) is 5.82 Å². The van der Waals surface area contributed by atoms with E-state index in [1.165, 1.54) is 33.0 Å². The van der Waals surface area contributed by atoms with Gasteiger partial charge in [-0.15, -0.1) is 0 Å². The van der Waals surface area contributed by atoms with Gasteiger partial charge in [0.25, 0.3) is 0 Å². The topological polar surface area (TPSA) is 38.9 Å². The Kier molecular flexibility index (Phi) is 7.47. The van der Waals surface area contributed by atoms with Gasteiger partial charge in [0.2, 0.25) is 0 Å². The molecule has 248 valence electrons. The summed E-state index contributed by atoms with van der Waals surface area (Å²) in [7, 11) is 0. The van der Waals surface area contributed by atoms with Gasteiger partial charge in [-0.25, -0.2) is 9.97 Å². The second-order valence-electron chi connectivity index (χ2n) is 13.4. The van der Waals surface area contributed by atoms with Gasteiger partial charge < -0.3 is 4.42 Å². The molecular formula is C50H32N2O. The van der Waals surface area contributed by atoms with Crippen LogP contribution in [0.5, 0.6) is 0 Å². The van der Waals surface area contributed by atoms with Crippen LogP contribution >= 0.6 is 0 Å². The molecule has 2 heterocycles. The van der Waals surface area contributed by atoms with Crippen LogP contribution in [0, 0.1) is 0 Å². The van der Waals surface area contributed by atoms with Crippen LogP contribution in [0.1, 0.15) is 0 Å². The second kappa shape index (κ2) is 12.9. The number of aromatic nitrogens is 2. The predicted octanol–water partition coefficient (Wildman–Crippen LogP) is 13.5. The third-order valence-electron chi connectivity index (χ3n) is 10.1. The lowest BCUT2D eigenvalue weighted by Crippen LogP contribution is -1.96. The summed E-state index contributed by atoms with van der Waals surface area (Å²) in [6.45, 7) is 0. The van der Waals surface area contributed by atoms with E-state index in [4.69, 9.17) is 14.4 Å². The Bertz CT molecular complexity index is 2910. The third kappa shape index (κ3) is 5.65. The van der Waals surface area contributed by atoms with Crippen LogP contribution in [0.3, 0.4) is 0 Å². The maximum absolute atomic E-state index is 6.45. The van der Waals surface area contributed by atoms with Crippen molar-refractivity contribution in [3.63, 3.8) is 0 Å². The highest BCUT2D eigenvalue weighted by Gasteiger charge is 2.18. The molecule has 0 atom stereocenters. The van der Waals surface area contributed by atoms with E-state index in [2.05, 4.69) is 158 Å². The maximum atomic E-state index is 6.45. The fraction of sp³-hybridized carbons (Fsp3) is 0. The van der Waals surface area contributed by atoms with E-state index >= 15 is 0 Å². The van der Waals surface area contributed by atoms with Gasteiger partial charge in [-0.1, -0.05) is 170 Å². The molecule has 3 heteroatoms. The monoisotopic (exact) mass is 676 g/mol. The molecule has 0 amide bonds. The van der Waals surface area contributed by atoms with Crippen molar-refractivity contribution in [3.05, 3.63) is 194 Å². The third-order valence-corrected chi connectivity index (χ3v) is 10.1. The Morgan fingerprint density at radius 1 is 0.321 bits per heavy atom. The molecule has 10 aromatic rings. The number of benzene rings is 8. The van der Waals surface area contributed by atoms with Crippen molar-refractivity contribution in [1.29, 1.82) is 0 Å². The van der Waals surface area contributed by atoms with Crippen LogP contribution in [-0.2, 0) is 0 Å². The summed E-state index contributed by atoms with van der Waals surface area (Å²) in [4.78, 5) is 10.4. The molecule has 2 aromatic heterocycles. The summed E-state index contributed by atoms with van der Waals surface area (Å²) in [6.07, 6.45) is 0. The Labute approximate surface area is 307 Å². The molecule has 0 aliphatic carbocycles. The van der Waals surface area contributed by atoms with Crippen molar-refractivity contribution in [2.45, 2.75) is 0 Å². The second-order valence-corrected chi connectivity index (χ2v) is 13.4. The minimum atomic E-state index is 0.659. The van der Waals surface area contributed by atoms with E-state index in [1.807, 2.05) is 36.4 Å². The Morgan fingerprint density at radius 2 is 0.849 bits per heavy atom. The van der Waals surface area contributed by atoms with E-state index in [0.717, 1.165) is 61.1 Å². The van der Waals surface area contributed by atoms with Crippen LogP contribution in [0.15, 0.2) is 199 Å². The first-order valence-electron chi connectivity index (χ1n) is 17.9. The van der Waals surface area contributed by atoms with E-state index in [0.29, 0.717) is 5.82 Å². The molecule has 8 aromatic carbocycles. The van der Waals surface area contributed by atoms with Gasteiger partial charge in [-0.2, -0.15) is 0 Å². The zero-order chi connectivity index (χ0) is 35.1. The number of rotatable bonds is 6. The Morgan fingerprint density at radius 3 is 1.60 bits per heavy atom. The van der Waals surface area contributed by atoms with Gasteiger partial charge in [0, 0.05) is 27.5 Å². The minimum absolute atomic E-state index is 0.659. The quantitative estimate of drug-likeness (QED) is 0.176. The summed E-state index contributed by atoms with van der Waals surface area (Å²) in [6, 6.07) is 68.0. The predicted molar refractivity (Wildman–Crippen MR) is 219 cm³/mol. The summed E-state index contributed by atoms with van der Waals surface area (Å²) < 4.78 is 6.45. The normalized spacial score (nSPS) is 11.4. The highest BCUT2D eigenvalue weighted by atomic mass is 16.3. The van der Waals surface area contributed by atoms with Crippen LogP contribution < -0.4 is 0 Å². The van der Waals surface area contributed by atoms with Gasteiger partial charge in [-0.3, -0.25) is 0 Å². The Hall–Kier alpha value is -7.10. The van der Waals surface area contributed by atoms with E-state index in [-0.39, 0.29) is 0 Å². The van der Waals surface area contributed by atoms with Crippen molar-refractivity contribution >= 4 is 32.7 Å². The first kappa shape index (κ1) is 30.7. The first-order valence-corrected chi connectivity index (χ1v) is 17.9. The highest BCUT2D eigenvalue weighted by molar-refractivity contribution is 6.13. The van der Waals surface area contributed by atoms with Crippen molar-refractivity contribution < 1.29 is 4.42 Å². The number of nitrogens with zero attached hydrogens (tertiary/aromatic N) is 2. The van der Waals surface area contributed by atoms with Gasteiger partial charge in [-0.05, 0) is 68.4 Å². The largest absolute Gasteiger partial charge is 0.456 e. The molecule has 10 rings (SSSR count). The molecule has 0 saturated heterocycles. The molecule has 0 saturated carbocycles. The summed E-state index contributed by atoms with van der Waals surface area (Å²) in [5.41, 5.74) is 13.4. The lowest BCUT2D eigenvalue weighted by atomic mass is 9.95. The fourth-order valence-electron chi connectivity index (χ4n) is 7.45. The SMILES string of the molecule is c1ccc(-c2ccc(-c3cc(-c4ccccc4)nc(-c4cccc5oc6ccc(-c7ccc(-c8cccc9ccccc89)cc7)cc6c45)n3)cc2)cc1. The summed E-state index contributed by atoms with van der Waals surface area (Å²) in [5, 5.41) is 4.54. The standard InChI is InChI=1S/C50H32N2O/c1-3-11-33(12-4-1)34-23-27-39(28-24-34)46-32-45(38-14-5-2-6-15-38)51-50(52-46)43-19-10-20-48-49(43)44-31-40(29-30-47(44)53-48)35-21-25-37(26-22-35)42-18-9-16-36-13-7-8-17-41(36)42/h1-32H. The van der Waals surface area contributed by atoms with Gasteiger partial charge in [0.05, 0.1) is 11.4 Å². The number of furan rings is 1. The zero-order valence-electron chi connectivity index (χ0n) is 28.8. The summed E-state index contributed by atoms with van der Waals surface area (Å²) >= 11 is 0. The van der Waals surface area contributed by atoms with Crippen LogP contribution in [0.25, 0.3) is 100.0 Å². The molecule has 0 N–H and O–H groups in total. The number of hydrogen-bond donors (Lipinski definition) is 0. The molecule has 0 radical (unpaired) electrons. The van der Waals surface area contributed by atoms with Crippen LogP contribution in [0.2, 0.25) is 0 Å². The molecule has 53 heavy (non-hydrogen) atoms. The van der Waals surface area contributed by atoms with Crippen molar-refractivity contribution in [1.82, 2.24) is 9.97 Å². The van der Waals surface area contributed by atoms with Gasteiger partial charge >= 0.3 is 0 Å². The molecular weight excluding hydrogens is 645 g/mol. The molecule has 0 fully saturated rings. The zero-order valence-corrected chi connectivity index (χ0v) is 28.8. The summed E-state index contributed by atoms with van der Waals surface area (Å²) in [5.74, 6) is 0.659. The maximum Gasteiger partial charge on any atom is 0.161 e. The van der Waals surface area contributed by atoms with E-state index < -0.39 is 0 Å². The minimum Gasteiger partial charge on any atom is -0.456 e. The number of fused-ring (bicyclic) bond motifs is 4. The van der Waals surface area contributed by atoms with E-state index in [9.17, 15) is 0 Å². The molecule has 0 spiro atoms. The lowest BCUT2D eigenvalue weighted by Gasteiger charge is -2.11. The van der Waals surface area contributed by atoms with E-state index in [1.54, 1.807) is 0 Å². The molecule has 3 nitrogen and oxygen atoms in total. The van der Waals surface area contributed by atoms with Gasteiger partial charge in [0.1, 0.15) is 11.2 Å². The smallest absolute Gasteiger partial charge is 0.161 e. The lowest BCUT2D eigenvalue weighted by molar-refractivity contribution is 0.669.